The van der Waals surface area contributed by atoms with Crippen LogP contribution < -0.4 is 0 Å². The van der Waals surface area contributed by atoms with Gasteiger partial charge in [-0.3, -0.25) is 0 Å². The van der Waals surface area contributed by atoms with Crippen LogP contribution in [0.4, 0.5) is 0 Å². The fourth-order valence-electron chi connectivity index (χ4n) is 5.62. The lowest BCUT2D eigenvalue weighted by Crippen LogP contribution is -2.55. The molecule has 19 heavy (non-hydrogen) atoms. The molecule has 3 aliphatic rings. The molecule has 0 aromatic carbocycles. The molecule has 1 aliphatic heterocycles. The second-order valence-corrected chi connectivity index (χ2v) is 14.6. The summed E-state index contributed by atoms with van der Waals surface area (Å²) in [4.78, 5) is 0. The second kappa shape index (κ2) is 4.10. The molecule has 1 spiro atoms. The smallest absolute Gasteiger partial charge is 0.100 e. The fraction of sp³-hybridized carbons (Fsp3) is 1.00. The van der Waals surface area contributed by atoms with Gasteiger partial charge in [-0.05, 0) is 48.5 Å². The van der Waals surface area contributed by atoms with Crippen LogP contribution in [0.15, 0.2) is 0 Å². The average Bonchev–Trinajstić information content (AvgIpc) is 2.97. The molecule has 2 heteroatoms. The lowest BCUT2D eigenvalue weighted by atomic mass is 9.56. The molecule has 0 N–H and O–H groups in total. The van der Waals surface area contributed by atoms with E-state index in [9.17, 15) is 0 Å². The molecule has 0 aromatic rings. The van der Waals surface area contributed by atoms with Gasteiger partial charge in [0, 0.05) is 8.07 Å². The van der Waals surface area contributed by atoms with E-state index < -0.39 is 8.07 Å². The van der Waals surface area contributed by atoms with Crippen LogP contribution in [0.2, 0.25) is 25.2 Å². The fourth-order valence-corrected chi connectivity index (χ4v) is 8.93. The van der Waals surface area contributed by atoms with Gasteiger partial charge in [0.25, 0.3) is 0 Å². The highest BCUT2D eigenvalue weighted by atomic mass is 28.3. The SMILES string of the molecule is CC(C)[C@@H]1C[C@@H]([Si](C)(C)C)[C@]2(C)CCC[C@H]3O[C@]32C1. The predicted octanol–water partition coefficient (Wildman–Crippen LogP) is 5.09. The van der Waals surface area contributed by atoms with E-state index in [4.69, 9.17) is 4.74 Å². The van der Waals surface area contributed by atoms with Gasteiger partial charge in [-0.25, -0.2) is 0 Å². The molecule has 1 nitrogen and oxygen atoms in total. The highest BCUT2D eigenvalue weighted by Crippen LogP contribution is 2.71. The van der Waals surface area contributed by atoms with Crippen LogP contribution in [0.25, 0.3) is 0 Å². The maximum atomic E-state index is 6.40. The first-order valence-electron chi connectivity index (χ1n) is 8.38. The first-order valence-corrected chi connectivity index (χ1v) is 12.0. The first-order chi connectivity index (χ1) is 8.71. The van der Waals surface area contributed by atoms with Gasteiger partial charge < -0.3 is 4.74 Å². The van der Waals surface area contributed by atoms with E-state index in [1.54, 1.807) is 0 Å². The minimum absolute atomic E-state index is 0.295. The first kappa shape index (κ1) is 14.1. The van der Waals surface area contributed by atoms with Gasteiger partial charge in [0.2, 0.25) is 0 Å². The predicted molar refractivity (Wildman–Crippen MR) is 84.2 cm³/mol. The molecule has 1 heterocycles. The second-order valence-electron chi connectivity index (χ2n) is 9.17. The van der Waals surface area contributed by atoms with Gasteiger partial charge in [0.1, 0.15) is 5.60 Å². The number of hydrogen-bond acceptors (Lipinski definition) is 1. The Kier molecular flexibility index (Phi) is 3.05. The number of ether oxygens (including phenoxy) is 1. The summed E-state index contributed by atoms with van der Waals surface area (Å²) < 4.78 is 6.40. The zero-order valence-corrected chi connectivity index (χ0v) is 14.8. The van der Waals surface area contributed by atoms with E-state index in [0.717, 1.165) is 17.4 Å². The Labute approximate surface area is 120 Å². The standard InChI is InChI=1S/C17H32OSi/c1-12(2)13-10-15(19(4,5)6)16(3)9-7-8-14-17(16,11-13)18-14/h12-15H,7-11H2,1-6H3/t13-,14-,15-,16+,17-/m1/s1. The van der Waals surface area contributed by atoms with Gasteiger partial charge in [0.15, 0.2) is 0 Å². The Morgan fingerprint density at radius 1 is 1.21 bits per heavy atom. The Balaban J connectivity index is 1.98. The number of epoxide rings is 1. The number of rotatable bonds is 2. The van der Waals surface area contributed by atoms with E-state index in [2.05, 4.69) is 40.4 Å². The van der Waals surface area contributed by atoms with Gasteiger partial charge in [-0.2, -0.15) is 0 Å². The topological polar surface area (TPSA) is 12.5 Å². The van der Waals surface area contributed by atoms with Gasteiger partial charge in [-0.15, -0.1) is 0 Å². The maximum absolute atomic E-state index is 6.40. The molecule has 0 bridgehead atoms. The highest BCUT2D eigenvalue weighted by Gasteiger charge is 2.73. The molecule has 2 saturated carbocycles. The molecule has 0 amide bonds. The summed E-state index contributed by atoms with van der Waals surface area (Å²) in [5.74, 6) is 1.72. The zero-order chi connectivity index (χ0) is 14.1. The van der Waals surface area contributed by atoms with Crippen molar-refractivity contribution in [1.82, 2.24) is 0 Å². The summed E-state index contributed by atoms with van der Waals surface area (Å²) in [6.45, 7) is 15.2. The zero-order valence-electron chi connectivity index (χ0n) is 13.8. The molecule has 0 radical (unpaired) electrons. The molecule has 5 atom stereocenters. The molecule has 0 unspecified atom stereocenters. The van der Waals surface area contributed by atoms with Crippen molar-refractivity contribution in [2.45, 2.75) is 89.8 Å². The number of hydrogen-bond donors (Lipinski definition) is 0. The normalized spacial score (nSPS) is 49.7. The summed E-state index contributed by atoms with van der Waals surface area (Å²) in [6, 6.07) is 0. The Hall–Kier alpha value is 0.177. The largest absolute Gasteiger partial charge is 0.365 e. The van der Waals surface area contributed by atoms with Crippen molar-refractivity contribution in [3.8, 4) is 0 Å². The summed E-state index contributed by atoms with van der Waals surface area (Å²) in [6.07, 6.45) is 7.60. The molecular formula is C17H32OSi. The van der Waals surface area contributed by atoms with E-state index >= 15 is 0 Å². The molecule has 1 saturated heterocycles. The van der Waals surface area contributed by atoms with Crippen LogP contribution >= 0.6 is 0 Å². The average molecular weight is 281 g/mol. The summed E-state index contributed by atoms with van der Waals surface area (Å²) in [5.41, 5.74) is 1.74. The van der Waals surface area contributed by atoms with Gasteiger partial charge in [0.05, 0.1) is 6.10 Å². The lowest BCUT2D eigenvalue weighted by molar-refractivity contribution is 0.0148. The van der Waals surface area contributed by atoms with Crippen LogP contribution in [0.5, 0.6) is 0 Å². The van der Waals surface area contributed by atoms with Crippen molar-refractivity contribution in [2.24, 2.45) is 17.3 Å². The van der Waals surface area contributed by atoms with Gasteiger partial charge >= 0.3 is 0 Å². The van der Waals surface area contributed by atoms with Crippen molar-refractivity contribution < 1.29 is 4.74 Å². The van der Waals surface area contributed by atoms with Crippen LogP contribution in [0, 0.1) is 17.3 Å². The van der Waals surface area contributed by atoms with Crippen LogP contribution in [0.3, 0.4) is 0 Å². The molecule has 110 valence electrons. The maximum Gasteiger partial charge on any atom is 0.100 e. The molecular weight excluding hydrogens is 248 g/mol. The minimum Gasteiger partial charge on any atom is -0.365 e. The van der Waals surface area contributed by atoms with Crippen molar-refractivity contribution in [1.29, 1.82) is 0 Å². The minimum atomic E-state index is -1.12. The molecule has 3 rings (SSSR count). The molecule has 2 aliphatic carbocycles. The Morgan fingerprint density at radius 2 is 1.89 bits per heavy atom. The summed E-state index contributed by atoms with van der Waals surface area (Å²) in [7, 11) is -1.12. The van der Waals surface area contributed by atoms with Crippen LogP contribution in [-0.4, -0.2) is 19.8 Å². The quantitative estimate of drug-likeness (QED) is 0.507. The van der Waals surface area contributed by atoms with Crippen molar-refractivity contribution in [3.63, 3.8) is 0 Å². The van der Waals surface area contributed by atoms with Crippen molar-refractivity contribution in [3.05, 3.63) is 0 Å². The van der Waals surface area contributed by atoms with Gasteiger partial charge in [-0.1, -0.05) is 46.8 Å². The van der Waals surface area contributed by atoms with E-state index in [1.165, 1.54) is 32.1 Å². The third kappa shape index (κ3) is 1.89. The van der Waals surface area contributed by atoms with Crippen molar-refractivity contribution in [2.75, 3.05) is 0 Å². The monoisotopic (exact) mass is 280 g/mol. The molecule has 0 aromatic heterocycles. The van der Waals surface area contributed by atoms with Crippen molar-refractivity contribution >= 4 is 8.07 Å². The Morgan fingerprint density at radius 3 is 2.47 bits per heavy atom. The molecule has 3 fully saturated rings. The third-order valence-corrected chi connectivity index (χ3v) is 9.77. The Bertz CT molecular complexity index is 372. The summed E-state index contributed by atoms with van der Waals surface area (Å²) in [5, 5.41) is 0. The van der Waals surface area contributed by atoms with E-state index in [1.807, 2.05) is 0 Å². The lowest BCUT2D eigenvalue weighted by Gasteiger charge is -2.56. The van der Waals surface area contributed by atoms with E-state index in [0.29, 0.717) is 17.1 Å². The van der Waals surface area contributed by atoms with Crippen LogP contribution in [0.1, 0.15) is 52.9 Å². The van der Waals surface area contributed by atoms with E-state index in [-0.39, 0.29) is 0 Å². The van der Waals surface area contributed by atoms with Crippen LogP contribution in [-0.2, 0) is 4.74 Å². The summed E-state index contributed by atoms with van der Waals surface area (Å²) >= 11 is 0. The highest BCUT2D eigenvalue weighted by molar-refractivity contribution is 6.77. The third-order valence-electron chi connectivity index (χ3n) is 6.81.